The van der Waals surface area contributed by atoms with Crippen molar-refractivity contribution in [2.75, 3.05) is 5.32 Å². The summed E-state index contributed by atoms with van der Waals surface area (Å²) in [4.78, 5) is 13.1. The van der Waals surface area contributed by atoms with Crippen LogP contribution in [-0.2, 0) is 13.2 Å². The Balaban J connectivity index is 1.53. The van der Waals surface area contributed by atoms with Gasteiger partial charge >= 0.3 is 0 Å². The van der Waals surface area contributed by atoms with Crippen LogP contribution in [0.2, 0.25) is 5.02 Å². The zero-order chi connectivity index (χ0) is 23.5. The Hall–Kier alpha value is -3.58. The minimum absolute atomic E-state index is 0.104. The van der Waals surface area contributed by atoms with Gasteiger partial charge in [-0.2, -0.15) is 5.10 Å². The molecule has 0 unspecified atom stereocenters. The van der Waals surface area contributed by atoms with Crippen molar-refractivity contribution in [3.05, 3.63) is 93.1 Å². The number of hydrogen-bond donors (Lipinski definition) is 1. The van der Waals surface area contributed by atoms with Crippen molar-refractivity contribution in [3.8, 4) is 5.75 Å². The molecule has 1 N–H and O–H groups in total. The van der Waals surface area contributed by atoms with Crippen LogP contribution < -0.4 is 10.1 Å². The van der Waals surface area contributed by atoms with Crippen molar-refractivity contribution in [1.82, 2.24) is 14.9 Å². The molecular weight excluding hydrogens is 440 g/mol. The number of carbonyl (C=O) groups excluding carboxylic acids is 1. The smallest absolute Gasteiger partial charge is 0.278 e. The topological polar surface area (TPSA) is 82.2 Å². The number of rotatable bonds is 7. The molecule has 0 fully saturated rings. The van der Waals surface area contributed by atoms with E-state index in [9.17, 15) is 4.79 Å². The zero-order valence-electron chi connectivity index (χ0n) is 19.0. The lowest BCUT2D eigenvalue weighted by Gasteiger charge is -2.10. The molecule has 4 aromatic rings. The summed E-state index contributed by atoms with van der Waals surface area (Å²) in [5.41, 5.74) is 5.35. The Morgan fingerprint density at radius 2 is 1.82 bits per heavy atom. The summed E-state index contributed by atoms with van der Waals surface area (Å²) in [6, 6.07) is 15.3. The number of amides is 1. The highest BCUT2D eigenvalue weighted by Crippen LogP contribution is 2.26. The number of hydrogen-bond acceptors (Lipinski definition) is 5. The number of nitrogens with one attached hydrogen (secondary N) is 1. The maximum Gasteiger partial charge on any atom is 0.278 e. The van der Waals surface area contributed by atoms with E-state index in [-0.39, 0.29) is 18.2 Å². The molecule has 0 bridgehead atoms. The summed E-state index contributed by atoms with van der Waals surface area (Å²) in [6.45, 7) is 8.34. The first kappa shape index (κ1) is 22.6. The van der Waals surface area contributed by atoms with Gasteiger partial charge in [0, 0.05) is 0 Å². The van der Waals surface area contributed by atoms with Gasteiger partial charge in [-0.15, -0.1) is 0 Å². The number of aromatic nitrogens is 3. The molecule has 0 atom stereocenters. The van der Waals surface area contributed by atoms with E-state index in [2.05, 4.69) is 34.6 Å². The zero-order valence-corrected chi connectivity index (χ0v) is 19.7. The fraction of sp³-hybridized carbons (Fsp3) is 0.240. The molecule has 0 saturated heterocycles. The van der Waals surface area contributed by atoms with E-state index < -0.39 is 0 Å². The normalized spacial score (nSPS) is 10.9. The first-order valence-corrected chi connectivity index (χ1v) is 10.9. The van der Waals surface area contributed by atoms with Gasteiger partial charge in [0.2, 0.25) is 0 Å². The van der Waals surface area contributed by atoms with Crippen LogP contribution in [0.1, 0.15) is 44.3 Å². The van der Waals surface area contributed by atoms with E-state index >= 15 is 0 Å². The van der Waals surface area contributed by atoms with Gasteiger partial charge in [0.05, 0.1) is 34.2 Å². The predicted molar refractivity (Wildman–Crippen MR) is 127 cm³/mol. The molecule has 0 aliphatic rings. The summed E-state index contributed by atoms with van der Waals surface area (Å²) in [6.07, 6.45) is 0. The van der Waals surface area contributed by atoms with Crippen LogP contribution in [0.5, 0.6) is 5.75 Å². The lowest BCUT2D eigenvalue weighted by atomic mass is 10.1. The molecule has 0 spiro atoms. The Morgan fingerprint density at radius 1 is 1.09 bits per heavy atom. The number of halogens is 1. The molecule has 170 valence electrons. The average molecular weight is 465 g/mol. The van der Waals surface area contributed by atoms with Gasteiger partial charge in [-0.25, -0.2) is 0 Å². The first-order valence-electron chi connectivity index (χ1n) is 10.6. The summed E-state index contributed by atoms with van der Waals surface area (Å²) >= 11 is 6.17. The number of ether oxygens (including phenoxy) is 1. The third kappa shape index (κ3) is 4.78. The third-order valence-corrected chi connectivity index (χ3v) is 5.92. The minimum atomic E-state index is -0.383. The van der Waals surface area contributed by atoms with Crippen LogP contribution in [-0.4, -0.2) is 20.8 Å². The molecule has 0 aliphatic carbocycles. The molecule has 0 saturated carbocycles. The van der Waals surface area contributed by atoms with E-state index in [1.54, 1.807) is 19.1 Å². The Bertz CT molecular complexity index is 1310. The van der Waals surface area contributed by atoms with Gasteiger partial charge in [0.15, 0.2) is 5.69 Å². The maximum absolute atomic E-state index is 13.1. The third-order valence-electron chi connectivity index (χ3n) is 5.61. The highest BCUT2D eigenvalue weighted by Gasteiger charge is 2.23. The van der Waals surface area contributed by atoms with Gasteiger partial charge in [-0.05, 0) is 51.0 Å². The fourth-order valence-electron chi connectivity index (χ4n) is 3.60. The Labute approximate surface area is 197 Å². The van der Waals surface area contributed by atoms with Crippen LogP contribution in [0.4, 0.5) is 5.69 Å². The standard InChI is InChI=1S/C25H25ClN4O3/c1-15-9-5-6-10-19(15)13-30-17(3)23(16(2)28-30)27-25(31)24-20(18(4)33-29-24)14-32-22-12-8-7-11-21(22)26/h5-12H,13-14H2,1-4H3,(H,27,31). The van der Waals surface area contributed by atoms with Gasteiger partial charge in [0.1, 0.15) is 18.1 Å². The van der Waals surface area contributed by atoms with E-state index in [4.69, 9.17) is 20.9 Å². The highest BCUT2D eigenvalue weighted by atomic mass is 35.5. The molecular formula is C25H25ClN4O3. The quantitative estimate of drug-likeness (QED) is 0.383. The molecule has 33 heavy (non-hydrogen) atoms. The monoisotopic (exact) mass is 464 g/mol. The second-order valence-corrected chi connectivity index (χ2v) is 8.28. The van der Waals surface area contributed by atoms with Crippen LogP contribution in [0.3, 0.4) is 0 Å². The number of nitrogens with zero attached hydrogens (tertiary/aromatic N) is 3. The van der Waals surface area contributed by atoms with Gasteiger partial charge in [-0.3, -0.25) is 9.48 Å². The largest absolute Gasteiger partial charge is 0.487 e. The molecule has 0 aliphatic heterocycles. The first-order chi connectivity index (χ1) is 15.8. The minimum Gasteiger partial charge on any atom is -0.487 e. The van der Waals surface area contributed by atoms with E-state index in [1.807, 2.05) is 42.8 Å². The molecule has 7 nitrogen and oxygen atoms in total. The molecule has 2 aromatic heterocycles. The van der Waals surface area contributed by atoms with E-state index in [0.29, 0.717) is 34.3 Å². The van der Waals surface area contributed by atoms with Crippen LogP contribution >= 0.6 is 11.6 Å². The Morgan fingerprint density at radius 3 is 2.58 bits per heavy atom. The lowest BCUT2D eigenvalue weighted by Crippen LogP contribution is -2.16. The molecule has 0 radical (unpaired) electrons. The van der Waals surface area contributed by atoms with Gasteiger partial charge in [-0.1, -0.05) is 53.2 Å². The Kier molecular flexibility index (Phi) is 6.51. The van der Waals surface area contributed by atoms with Gasteiger partial charge in [0.25, 0.3) is 5.91 Å². The maximum atomic E-state index is 13.1. The highest BCUT2D eigenvalue weighted by molar-refractivity contribution is 6.32. The summed E-state index contributed by atoms with van der Waals surface area (Å²) in [7, 11) is 0. The van der Waals surface area contributed by atoms with Crippen molar-refractivity contribution in [2.45, 2.75) is 40.8 Å². The average Bonchev–Trinajstić information content (AvgIpc) is 3.29. The summed E-state index contributed by atoms with van der Waals surface area (Å²) in [5, 5.41) is 12.0. The van der Waals surface area contributed by atoms with Crippen molar-refractivity contribution < 1.29 is 14.1 Å². The number of benzene rings is 2. The molecule has 8 heteroatoms. The van der Waals surface area contributed by atoms with E-state index in [1.165, 1.54) is 11.1 Å². The second-order valence-electron chi connectivity index (χ2n) is 7.87. The van der Waals surface area contributed by atoms with Crippen molar-refractivity contribution in [1.29, 1.82) is 0 Å². The summed E-state index contributed by atoms with van der Waals surface area (Å²) < 4.78 is 13.0. The summed E-state index contributed by atoms with van der Waals surface area (Å²) in [5.74, 6) is 0.650. The number of anilines is 1. The van der Waals surface area contributed by atoms with Gasteiger partial charge < -0.3 is 14.6 Å². The fourth-order valence-corrected chi connectivity index (χ4v) is 3.79. The number of para-hydroxylation sites is 1. The van der Waals surface area contributed by atoms with Crippen molar-refractivity contribution in [2.24, 2.45) is 0 Å². The van der Waals surface area contributed by atoms with Crippen molar-refractivity contribution >= 4 is 23.2 Å². The molecule has 4 rings (SSSR count). The molecule has 1 amide bonds. The van der Waals surface area contributed by atoms with Crippen LogP contribution in [0.15, 0.2) is 53.1 Å². The molecule has 2 aromatic carbocycles. The van der Waals surface area contributed by atoms with Crippen LogP contribution in [0.25, 0.3) is 0 Å². The van der Waals surface area contributed by atoms with Crippen LogP contribution in [0, 0.1) is 27.7 Å². The second kappa shape index (κ2) is 9.50. The van der Waals surface area contributed by atoms with Crippen molar-refractivity contribution in [3.63, 3.8) is 0 Å². The molecule has 2 heterocycles. The lowest BCUT2D eigenvalue weighted by molar-refractivity contribution is 0.101. The predicted octanol–water partition coefficient (Wildman–Crippen LogP) is 5.64. The SMILES string of the molecule is Cc1ccccc1Cn1nc(C)c(NC(=O)c2noc(C)c2COc2ccccc2Cl)c1C. The number of aryl methyl sites for hydroxylation is 3. The van der Waals surface area contributed by atoms with E-state index in [0.717, 1.165) is 11.4 Å². The number of carbonyl (C=O) groups is 1.